The summed E-state index contributed by atoms with van der Waals surface area (Å²) in [7, 11) is 0. The molecule has 0 saturated carbocycles. The zero-order chi connectivity index (χ0) is 19.0. The molecule has 2 aromatic rings. The van der Waals surface area contributed by atoms with E-state index in [4.69, 9.17) is 9.47 Å². The molecule has 0 spiro atoms. The Bertz CT molecular complexity index is 881. The molecule has 2 aliphatic rings. The van der Waals surface area contributed by atoms with Crippen LogP contribution in [0.15, 0.2) is 60.7 Å². The largest absolute Gasteiger partial charge is 0.426 e. The molecule has 2 aliphatic heterocycles. The predicted molar refractivity (Wildman–Crippen MR) is 102 cm³/mol. The average molecular weight is 360 g/mol. The van der Waals surface area contributed by atoms with E-state index in [0.717, 1.165) is 22.3 Å². The average Bonchev–Trinajstić information content (AvgIpc) is 3.30. The molecule has 0 fully saturated rings. The molecule has 0 atom stereocenters. The van der Waals surface area contributed by atoms with Crippen molar-refractivity contribution in [2.45, 2.75) is 32.1 Å². The molecular weight excluding hydrogens is 340 g/mol. The molecule has 0 aromatic heterocycles. The monoisotopic (exact) mass is 360 g/mol. The SMILES string of the molecule is CC(C)(c1ccc(C2=CCC(=O)O2)cc1)c1ccc(C2=CCC(=O)O2)cc1. The molecule has 4 heteroatoms. The van der Waals surface area contributed by atoms with Crippen LogP contribution in [0.3, 0.4) is 0 Å². The van der Waals surface area contributed by atoms with Gasteiger partial charge in [-0.15, -0.1) is 0 Å². The molecule has 0 saturated heterocycles. The second kappa shape index (κ2) is 6.54. The van der Waals surface area contributed by atoms with Gasteiger partial charge in [-0.05, 0) is 23.3 Å². The van der Waals surface area contributed by atoms with Crippen molar-refractivity contribution >= 4 is 23.5 Å². The Hall–Kier alpha value is -3.14. The number of hydrogen-bond donors (Lipinski definition) is 0. The van der Waals surface area contributed by atoms with Crippen molar-refractivity contribution in [3.8, 4) is 0 Å². The fourth-order valence-electron chi connectivity index (χ4n) is 3.39. The number of carbonyl (C=O) groups excluding carboxylic acids is 2. The summed E-state index contributed by atoms with van der Waals surface area (Å²) in [6, 6.07) is 16.2. The van der Waals surface area contributed by atoms with Crippen LogP contribution in [0.2, 0.25) is 0 Å². The van der Waals surface area contributed by atoms with Gasteiger partial charge < -0.3 is 9.47 Å². The fraction of sp³-hybridized carbons (Fsp3) is 0.217. The van der Waals surface area contributed by atoms with Gasteiger partial charge in [-0.25, -0.2) is 0 Å². The van der Waals surface area contributed by atoms with Crippen LogP contribution >= 0.6 is 0 Å². The van der Waals surface area contributed by atoms with Crippen molar-refractivity contribution in [2.75, 3.05) is 0 Å². The van der Waals surface area contributed by atoms with Crippen molar-refractivity contribution in [1.82, 2.24) is 0 Å². The van der Waals surface area contributed by atoms with Crippen LogP contribution in [0.5, 0.6) is 0 Å². The Kier molecular flexibility index (Phi) is 4.19. The first-order chi connectivity index (χ1) is 12.9. The summed E-state index contributed by atoms with van der Waals surface area (Å²) in [6.45, 7) is 4.33. The predicted octanol–water partition coefficient (Wildman–Crippen LogP) is 4.59. The zero-order valence-corrected chi connectivity index (χ0v) is 15.3. The first kappa shape index (κ1) is 17.3. The van der Waals surface area contributed by atoms with E-state index in [1.54, 1.807) is 0 Å². The van der Waals surface area contributed by atoms with E-state index >= 15 is 0 Å². The van der Waals surface area contributed by atoms with Gasteiger partial charge in [0.25, 0.3) is 0 Å². The summed E-state index contributed by atoms with van der Waals surface area (Å²) < 4.78 is 10.4. The highest BCUT2D eigenvalue weighted by Crippen LogP contribution is 2.34. The molecular formula is C23H20O4. The molecule has 136 valence electrons. The number of rotatable bonds is 4. The van der Waals surface area contributed by atoms with Gasteiger partial charge in [-0.3, -0.25) is 9.59 Å². The first-order valence-corrected chi connectivity index (χ1v) is 8.97. The van der Waals surface area contributed by atoms with Crippen molar-refractivity contribution in [2.24, 2.45) is 0 Å². The molecule has 0 unspecified atom stereocenters. The summed E-state index contributed by atoms with van der Waals surface area (Å²) in [6.07, 6.45) is 4.29. The van der Waals surface area contributed by atoms with Crippen LogP contribution in [0.1, 0.15) is 48.9 Å². The topological polar surface area (TPSA) is 52.6 Å². The third-order valence-corrected chi connectivity index (χ3v) is 5.14. The Balaban J connectivity index is 1.55. The van der Waals surface area contributed by atoms with Gasteiger partial charge in [-0.2, -0.15) is 0 Å². The van der Waals surface area contributed by atoms with E-state index in [0.29, 0.717) is 24.4 Å². The van der Waals surface area contributed by atoms with Crippen LogP contribution in [-0.4, -0.2) is 11.9 Å². The first-order valence-electron chi connectivity index (χ1n) is 8.97. The van der Waals surface area contributed by atoms with E-state index in [1.165, 1.54) is 0 Å². The van der Waals surface area contributed by atoms with Crippen molar-refractivity contribution < 1.29 is 19.1 Å². The zero-order valence-electron chi connectivity index (χ0n) is 15.3. The number of hydrogen-bond acceptors (Lipinski definition) is 4. The molecule has 0 aliphatic carbocycles. The number of esters is 2. The number of carbonyl (C=O) groups is 2. The second-order valence-corrected chi connectivity index (χ2v) is 7.27. The molecule has 4 rings (SSSR count). The third-order valence-electron chi connectivity index (χ3n) is 5.14. The highest BCUT2D eigenvalue weighted by atomic mass is 16.5. The lowest BCUT2D eigenvalue weighted by Gasteiger charge is -2.26. The summed E-state index contributed by atoms with van der Waals surface area (Å²) in [5.74, 6) is 0.844. The lowest BCUT2D eigenvalue weighted by atomic mass is 9.77. The van der Waals surface area contributed by atoms with Crippen molar-refractivity contribution in [1.29, 1.82) is 0 Å². The molecule has 2 aromatic carbocycles. The van der Waals surface area contributed by atoms with Crippen LogP contribution in [-0.2, 0) is 24.5 Å². The van der Waals surface area contributed by atoms with Crippen LogP contribution < -0.4 is 0 Å². The number of ether oxygens (including phenoxy) is 2. The third kappa shape index (κ3) is 3.31. The number of benzene rings is 2. The van der Waals surface area contributed by atoms with Gasteiger partial charge in [0.2, 0.25) is 0 Å². The van der Waals surface area contributed by atoms with E-state index in [2.05, 4.69) is 38.1 Å². The smallest absolute Gasteiger partial charge is 0.315 e. The standard InChI is InChI=1S/C23H20O4/c1-23(2,17-7-3-15(4-8-17)19-11-13-21(24)26-19)18-9-5-16(6-10-18)20-12-14-22(25)27-20/h3-12H,13-14H2,1-2H3. The summed E-state index contributed by atoms with van der Waals surface area (Å²) in [5.41, 5.74) is 3.95. The molecule has 0 amide bonds. The van der Waals surface area contributed by atoms with Crippen molar-refractivity contribution in [3.05, 3.63) is 82.9 Å². The molecule has 0 N–H and O–H groups in total. The second-order valence-electron chi connectivity index (χ2n) is 7.27. The maximum Gasteiger partial charge on any atom is 0.315 e. The van der Waals surface area contributed by atoms with Gasteiger partial charge in [-0.1, -0.05) is 62.4 Å². The van der Waals surface area contributed by atoms with Gasteiger partial charge in [0.15, 0.2) is 0 Å². The normalized spacial score (nSPS) is 16.7. The van der Waals surface area contributed by atoms with E-state index < -0.39 is 0 Å². The minimum Gasteiger partial charge on any atom is -0.426 e. The highest BCUT2D eigenvalue weighted by Gasteiger charge is 2.24. The Morgan fingerprint density at radius 3 is 1.33 bits per heavy atom. The minimum absolute atomic E-state index is 0.196. The van der Waals surface area contributed by atoms with Gasteiger partial charge in [0, 0.05) is 16.5 Å². The van der Waals surface area contributed by atoms with Crippen LogP contribution in [0, 0.1) is 0 Å². The molecule has 27 heavy (non-hydrogen) atoms. The van der Waals surface area contributed by atoms with Gasteiger partial charge in [0.05, 0.1) is 12.8 Å². The number of cyclic esters (lactones) is 2. The fourth-order valence-corrected chi connectivity index (χ4v) is 3.39. The molecule has 0 radical (unpaired) electrons. The summed E-state index contributed by atoms with van der Waals surface area (Å²) in [5, 5.41) is 0. The van der Waals surface area contributed by atoms with E-state index in [-0.39, 0.29) is 17.4 Å². The van der Waals surface area contributed by atoms with Crippen LogP contribution in [0.25, 0.3) is 11.5 Å². The van der Waals surface area contributed by atoms with E-state index in [9.17, 15) is 9.59 Å². The maximum absolute atomic E-state index is 11.3. The Morgan fingerprint density at radius 2 is 1.04 bits per heavy atom. The van der Waals surface area contributed by atoms with E-state index in [1.807, 2.05) is 36.4 Å². The maximum atomic E-state index is 11.3. The summed E-state index contributed by atoms with van der Waals surface area (Å²) in [4.78, 5) is 22.5. The van der Waals surface area contributed by atoms with Gasteiger partial charge in [0.1, 0.15) is 11.5 Å². The lowest BCUT2D eigenvalue weighted by molar-refractivity contribution is -0.135. The molecule has 2 heterocycles. The minimum atomic E-state index is -0.211. The quantitative estimate of drug-likeness (QED) is 0.749. The van der Waals surface area contributed by atoms with Gasteiger partial charge >= 0.3 is 11.9 Å². The van der Waals surface area contributed by atoms with Crippen molar-refractivity contribution in [3.63, 3.8) is 0 Å². The Labute approximate surface area is 158 Å². The highest BCUT2D eigenvalue weighted by molar-refractivity contribution is 5.86. The molecule has 0 bridgehead atoms. The Morgan fingerprint density at radius 1 is 0.667 bits per heavy atom. The summed E-state index contributed by atoms with van der Waals surface area (Å²) >= 11 is 0. The lowest BCUT2D eigenvalue weighted by Crippen LogP contribution is -2.18. The van der Waals surface area contributed by atoms with Crippen LogP contribution in [0.4, 0.5) is 0 Å². The molecule has 4 nitrogen and oxygen atoms in total.